The Kier molecular flexibility index (Phi) is 4.78. The number of ether oxygens (including phenoxy) is 2. The number of methoxy groups -OCH3 is 1. The van der Waals surface area contributed by atoms with Crippen molar-refractivity contribution < 1.29 is 9.47 Å². The van der Waals surface area contributed by atoms with Crippen LogP contribution in [0.4, 0.5) is 0 Å². The Bertz CT molecular complexity index is 938. The molecule has 24 heavy (non-hydrogen) atoms. The van der Waals surface area contributed by atoms with E-state index in [-0.39, 0.29) is 6.61 Å². The summed E-state index contributed by atoms with van der Waals surface area (Å²) in [6, 6.07) is 13.8. The Balaban J connectivity index is 1.83. The Morgan fingerprint density at radius 2 is 2.04 bits per heavy atom. The Morgan fingerprint density at radius 3 is 2.83 bits per heavy atom. The van der Waals surface area contributed by atoms with Crippen molar-refractivity contribution in [1.82, 2.24) is 4.98 Å². The van der Waals surface area contributed by atoms with Gasteiger partial charge in [0.05, 0.1) is 17.3 Å². The normalized spacial score (nSPS) is 10.9. The first-order chi connectivity index (χ1) is 11.7. The predicted octanol–water partition coefficient (Wildman–Crippen LogP) is 4.69. The highest BCUT2D eigenvalue weighted by molar-refractivity contribution is 7.19. The maximum absolute atomic E-state index is 8.60. The van der Waals surface area contributed by atoms with Crippen LogP contribution in [0.5, 0.6) is 11.5 Å². The van der Waals surface area contributed by atoms with E-state index in [0.29, 0.717) is 11.5 Å². The second kappa shape index (κ2) is 7.16. The lowest BCUT2D eigenvalue weighted by Crippen LogP contribution is -1.96. The Labute approximate surface area is 144 Å². The van der Waals surface area contributed by atoms with Crippen molar-refractivity contribution in [3.05, 3.63) is 52.5 Å². The van der Waals surface area contributed by atoms with Crippen molar-refractivity contribution in [2.24, 2.45) is 0 Å². The molecule has 0 saturated carbocycles. The van der Waals surface area contributed by atoms with Crippen LogP contribution in [0.25, 0.3) is 22.4 Å². The van der Waals surface area contributed by atoms with E-state index in [1.165, 1.54) is 10.3 Å². The van der Waals surface area contributed by atoms with Gasteiger partial charge in [-0.05, 0) is 48.4 Å². The number of benzene rings is 2. The first-order valence-electron chi connectivity index (χ1n) is 7.42. The first kappa shape index (κ1) is 16.0. The Morgan fingerprint density at radius 1 is 1.17 bits per heavy atom. The van der Waals surface area contributed by atoms with Crippen molar-refractivity contribution in [2.45, 2.75) is 6.92 Å². The molecule has 0 N–H and O–H groups in total. The van der Waals surface area contributed by atoms with E-state index in [4.69, 9.17) is 14.7 Å². The standard InChI is InChI=1S/C19H16N2O2S/c1-13-3-7-18-15(11-13)21-19(24-18)8-5-14-4-6-16(23-10-9-20)17(12-14)22-2/h3-8,11-12H,10H2,1-2H3. The number of aryl methyl sites for hydroxylation is 1. The summed E-state index contributed by atoms with van der Waals surface area (Å²) in [6.45, 7) is 2.06. The van der Waals surface area contributed by atoms with Gasteiger partial charge in [0.1, 0.15) is 11.1 Å². The fourth-order valence-electron chi connectivity index (χ4n) is 2.31. The Hall–Kier alpha value is -2.84. The van der Waals surface area contributed by atoms with Crippen LogP contribution in [0.1, 0.15) is 16.1 Å². The molecule has 3 aromatic rings. The van der Waals surface area contributed by atoms with Crippen LogP contribution in [-0.2, 0) is 0 Å². The van der Waals surface area contributed by atoms with E-state index < -0.39 is 0 Å². The summed E-state index contributed by atoms with van der Waals surface area (Å²) in [7, 11) is 1.58. The van der Waals surface area contributed by atoms with Crippen molar-refractivity contribution in [1.29, 1.82) is 5.26 Å². The van der Waals surface area contributed by atoms with Gasteiger partial charge in [-0.25, -0.2) is 4.98 Å². The van der Waals surface area contributed by atoms with Crippen LogP contribution < -0.4 is 9.47 Å². The third-order valence-electron chi connectivity index (χ3n) is 3.46. The number of nitrogens with zero attached hydrogens (tertiary/aromatic N) is 2. The molecule has 0 atom stereocenters. The van der Waals surface area contributed by atoms with Crippen molar-refractivity contribution >= 4 is 33.7 Å². The van der Waals surface area contributed by atoms with Gasteiger partial charge in [-0.15, -0.1) is 11.3 Å². The van der Waals surface area contributed by atoms with E-state index in [1.54, 1.807) is 24.5 Å². The molecule has 4 nitrogen and oxygen atoms in total. The molecule has 1 heterocycles. The third-order valence-corrected chi connectivity index (χ3v) is 4.46. The van der Waals surface area contributed by atoms with Crippen LogP contribution >= 0.6 is 11.3 Å². The molecule has 120 valence electrons. The monoisotopic (exact) mass is 336 g/mol. The lowest BCUT2D eigenvalue weighted by atomic mass is 10.2. The van der Waals surface area contributed by atoms with Gasteiger partial charge in [0.15, 0.2) is 18.1 Å². The summed E-state index contributed by atoms with van der Waals surface area (Å²) in [5.74, 6) is 1.17. The maximum atomic E-state index is 8.60. The van der Waals surface area contributed by atoms with E-state index in [9.17, 15) is 0 Å². The number of nitriles is 1. The molecule has 0 bridgehead atoms. The van der Waals surface area contributed by atoms with Crippen molar-refractivity contribution in [3.8, 4) is 17.6 Å². The number of hydrogen-bond donors (Lipinski definition) is 0. The SMILES string of the molecule is COc1cc(C=Cc2nc3cc(C)ccc3s2)ccc1OCC#N. The maximum Gasteiger partial charge on any atom is 0.174 e. The third kappa shape index (κ3) is 3.55. The largest absolute Gasteiger partial charge is 0.493 e. The summed E-state index contributed by atoms with van der Waals surface area (Å²) in [5.41, 5.74) is 3.21. The van der Waals surface area contributed by atoms with E-state index in [0.717, 1.165) is 16.1 Å². The molecule has 0 saturated heterocycles. The number of fused-ring (bicyclic) bond motifs is 1. The molecule has 0 amide bonds. The second-order valence-electron chi connectivity index (χ2n) is 5.21. The molecule has 0 aliphatic heterocycles. The molecule has 0 radical (unpaired) electrons. The zero-order valence-electron chi connectivity index (χ0n) is 13.4. The highest BCUT2D eigenvalue weighted by Gasteiger charge is 2.05. The quantitative estimate of drug-likeness (QED) is 0.678. The van der Waals surface area contributed by atoms with Gasteiger partial charge in [-0.1, -0.05) is 18.2 Å². The molecule has 2 aromatic carbocycles. The molecule has 0 spiro atoms. The lowest BCUT2D eigenvalue weighted by molar-refractivity contribution is 0.329. The minimum Gasteiger partial charge on any atom is -0.493 e. The van der Waals surface area contributed by atoms with Crippen LogP contribution in [0.3, 0.4) is 0 Å². The fourth-order valence-corrected chi connectivity index (χ4v) is 3.16. The molecular weight excluding hydrogens is 320 g/mol. The molecule has 0 unspecified atom stereocenters. The van der Waals surface area contributed by atoms with Gasteiger partial charge >= 0.3 is 0 Å². The van der Waals surface area contributed by atoms with E-state index in [2.05, 4.69) is 30.1 Å². The van der Waals surface area contributed by atoms with Crippen LogP contribution in [-0.4, -0.2) is 18.7 Å². The smallest absolute Gasteiger partial charge is 0.174 e. The first-order valence-corrected chi connectivity index (χ1v) is 8.24. The number of rotatable bonds is 5. The highest BCUT2D eigenvalue weighted by Crippen LogP contribution is 2.29. The van der Waals surface area contributed by atoms with Gasteiger partial charge in [0.2, 0.25) is 0 Å². The molecule has 0 aliphatic carbocycles. The minimum atomic E-state index is -0.00331. The molecule has 0 fully saturated rings. The van der Waals surface area contributed by atoms with Crippen LogP contribution in [0.2, 0.25) is 0 Å². The van der Waals surface area contributed by atoms with Gasteiger partial charge in [0.25, 0.3) is 0 Å². The minimum absolute atomic E-state index is 0.00331. The second-order valence-corrected chi connectivity index (χ2v) is 6.28. The number of aromatic nitrogens is 1. The van der Waals surface area contributed by atoms with Gasteiger partial charge < -0.3 is 9.47 Å². The summed E-state index contributed by atoms with van der Waals surface area (Å²) in [4.78, 5) is 4.63. The summed E-state index contributed by atoms with van der Waals surface area (Å²) < 4.78 is 11.8. The number of hydrogen-bond acceptors (Lipinski definition) is 5. The van der Waals surface area contributed by atoms with Crippen LogP contribution in [0, 0.1) is 18.3 Å². The highest BCUT2D eigenvalue weighted by atomic mass is 32.1. The topological polar surface area (TPSA) is 55.1 Å². The average molecular weight is 336 g/mol. The lowest BCUT2D eigenvalue weighted by Gasteiger charge is -2.08. The molecule has 1 aromatic heterocycles. The van der Waals surface area contributed by atoms with Crippen LogP contribution in [0.15, 0.2) is 36.4 Å². The summed E-state index contributed by atoms with van der Waals surface area (Å²) in [5, 5.41) is 9.56. The van der Waals surface area contributed by atoms with Crippen molar-refractivity contribution in [2.75, 3.05) is 13.7 Å². The molecule has 5 heteroatoms. The zero-order chi connectivity index (χ0) is 16.9. The number of thiazole rings is 1. The van der Waals surface area contributed by atoms with Gasteiger partial charge in [0, 0.05) is 0 Å². The zero-order valence-corrected chi connectivity index (χ0v) is 14.3. The summed E-state index contributed by atoms with van der Waals surface area (Å²) in [6.07, 6.45) is 3.98. The fraction of sp³-hybridized carbons (Fsp3) is 0.158. The average Bonchev–Trinajstić information content (AvgIpc) is 3.00. The molecular formula is C19H16N2O2S. The van der Waals surface area contributed by atoms with E-state index in [1.807, 2.05) is 30.4 Å². The van der Waals surface area contributed by atoms with Gasteiger partial charge in [-0.3, -0.25) is 0 Å². The molecule has 0 aliphatic rings. The predicted molar refractivity (Wildman–Crippen MR) is 97.4 cm³/mol. The van der Waals surface area contributed by atoms with E-state index >= 15 is 0 Å². The van der Waals surface area contributed by atoms with Crippen molar-refractivity contribution in [3.63, 3.8) is 0 Å². The molecule has 3 rings (SSSR count). The van der Waals surface area contributed by atoms with Gasteiger partial charge in [-0.2, -0.15) is 5.26 Å². The summed E-state index contributed by atoms with van der Waals surface area (Å²) >= 11 is 1.66.